The predicted octanol–water partition coefficient (Wildman–Crippen LogP) is 1.98. The van der Waals surface area contributed by atoms with Gasteiger partial charge in [0, 0.05) is 20.1 Å². The van der Waals surface area contributed by atoms with E-state index in [1.54, 1.807) is 30.1 Å². The molecule has 5 heteroatoms. The lowest BCUT2D eigenvalue weighted by atomic mass is 10.0. The van der Waals surface area contributed by atoms with Crippen molar-refractivity contribution in [2.75, 3.05) is 20.1 Å². The molecular weight excluding hydrogens is 256 g/mol. The van der Waals surface area contributed by atoms with Gasteiger partial charge in [0.1, 0.15) is 0 Å². The van der Waals surface area contributed by atoms with Crippen LogP contribution in [0.3, 0.4) is 0 Å². The SMILES string of the molecule is CN(CC1CC1)C(=O)NCCc1ccccc1C(=O)O. The van der Waals surface area contributed by atoms with Crippen LogP contribution in [0.5, 0.6) is 0 Å². The van der Waals surface area contributed by atoms with Crippen LogP contribution in [-0.4, -0.2) is 42.1 Å². The number of carboxylic acid groups (broad SMARTS) is 1. The second-order valence-corrected chi connectivity index (χ2v) is 5.27. The Morgan fingerprint density at radius 3 is 2.70 bits per heavy atom. The van der Waals surface area contributed by atoms with E-state index in [9.17, 15) is 9.59 Å². The summed E-state index contributed by atoms with van der Waals surface area (Å²) in [6.07, 6.45) is 2.94. The fourth-order valence-corrected chi connectivity index (χ4v) is 2.16. The minimum absolute atomic E-state index is 0.0929. The number of aromatic carboxylic acids is 1. The molecule has 1 aromatic carbocycles. The fourth-order valence-electron chi connectivity index (χ4n) is 2.16. The zero-order valence-corrected chi connectivity index (χ0v) is 11.6. The molecule has 0 atom stereocenters. The molecule has 0 spiro atoms. The molecule has 1 aliphatic carbocycles. The van der Waals surface area contributed by atoms with Crippen LogP contribution in [0.15, 0.2) is 24.3 Å². The first-order valence-electron chi connectivity index (χ1n) is 6.88. The first-order chi connectivity index (χ1) is 9.58. The third kappa shape index (κ3) is 3.98. The van der Waals surface area contributed by atoms with Crippen LogP contribution in [0, 0.1) is 5.92 Å². The number of amides is 2. The molecule has 0 bridgehead atoms. The smallest absolute Gasteiger partial charge is 0.335 e. The lowest BCUT2D eigenvalue weighted by Gasteiger charge is -2.17. The number of rotatable bonds is 6. The average molecular weight is 276 g/mol. The number of hydrogen-bond donors (Lipinski definition) is 2. The van der Waals surface area contributed by atoms with Crippen molar-refractivity contribution in [3.8, 4) is 0 Å². The van der Waals surface area contributed by atoms with E-state index in [-0.39, 0.29) is 6.03 Å². The van der Waals surface area contributed by atoms with Gasteiger partial charge in [-0.1, -0.05) is 18.2 Å². The number of nitrogens with one attached hydrogen (secondary N) is 1. The molecular formula is C15H20N2O3. The summed E-state index contributed by atoms with van der Waals surface area (Å²) in [7, 11) is 1.79. The highest BCUT2D eigenvalue weighted by molar-refractivity contribution is 5.89. The van der Waals surface area contributed by atoms with Gasteiger partial charge in [-0.25, -0.2) is 9.59 Å². The maximum Gasteiger partial charge on any atom is 0.335 e. The molecule has 1 aliphatic rings. The number of nitrogens with zero attached hydrogens (tertiary/aromatic N) is 1. The third-order valence-corrected chi connectivity index (χ3v) is 3.49. The number of benzene rings is 1. The molecule has 2 amide bonds. The van der Waals surface area contributed by atoms with Crippen LogP contribution in [0.4, 0.5) is 4.79 Å². The predicted molar refractivity (Wildman–Crippen MR) is 75.9 cm³/mol. The van der Waals surface area contributed by atoms with E-state index in [1.807, 2.05) is 6.07 Å². The lowest BCUT2D eigenvalue weighted by molar-refractivity contribution is 0.0695. The Bertz CT molecular complexity index is 498. The Morgan fingerprint density at radius 2 is 2.05 bits per heavy atom. The van der Waals surface area contributed by atoms with Crippen molar-refractivity contribution in [2.24, 2.45) is 5.92 Å². The van der Waals surface area contributed by atoms with E-state index < -0.39 is 5.97 Å². The van der Waals surface area contributed by atoms with Crippen LogP contribution in [0.1, 0.15) is 28.8 Å². The minimum atomic E-state index is -0.933. The molecule has 2 rings (SSSR count). The Labute approximate surface area is 118 Å². The summed E-state index contributed by atoms with van der Waals surface area (Å²) in [5.74, 6) is -0.267. The highest BCUT2D eigenvalue weighted by atomic mass is 16.4. The van der Waals surface area contributed by atoms with Crippen molar-refractivity contribution in [2.45, 2.75) is 19.3 Å². The van der Waals surface area contributed by atoms with E-state index in [1.165, 1.54) is 12.8 Å². The number of carboxylic acids is 1. The largest absolute Gasteiger partial charge is 0.478 e. The van der Waals surface area contributed by atoms with Gasteiger partial charge < -0.3 is 15.3 Å². The molecule has 0 unspecified atom stereocenters. The van der Waals surface area contributed by atoms with Gasteiger partial charge in [0.15, 0.2) is 0 Å². The van der Waals surface area contributed by atoms with Crippen molar-refractivity contribution in [3.63, 3.8) is 0 Å². The normalized spacial score (nSPS) is 13.8. The standard InChI is InChI=1S/C15H20N2O3/c1-17(10-11-6-7-11)15(20)16-9-8-12-4-2-3-5-13(12)14(18)19/h2-5,11H,6-10H2,1H3,(H,16,20)(H,18,19). The highest BCUT2D eigenvalue weighted by Crippen LogP contribution is 2.29. The summed E-state index contributed by atoms with van der Waals surface area (Å²) in [5, 5.41) is 11.9. The van der Waals surface area contributed by atoms with Crippen molar-refractivity contribution in [1.29, 1.82) is 0 Å². The summed E-state index contributed by atoms with van der Waals surface area (Å²) in [6.45, 7) is 1.25. The van der Waals surface area contributed by atoms with Gasteiger partial charge in [0.05, 0.1) is 5.56 Å². The zero-order chi connectivity index (χ0) is 14.5. The Balaban J connectivity index is 1.80. The molecule has 0 aromatic heterocycles. The van der Waals surface area contributed by atoms with Gasteiger partial charge in [-0.3, -0.25) is 0 Å². The monoisotopic (exact) mass is 276 g/mol. The number of urea groups is 1. The summed E-state index contributed by atoms with van der Waals surface area (Å²) < 4.78 is 0. The average Bonchev–Trinajstić information content (AvgIpc) is 3.22. The van der Waals surface area contributed by atoms with Crippen molar-refractivity contribution in [1.82, 2.24) is 10.2 Å². The van der Waals surface area contributed by atoms with E-state index in [2.05, 4.69) is 5.32 Å². The Morgan fingerprint density at radius 1 is 1.35 bits per heavy atom. The molecule has 5 nitrogen and oxygen atoms in total. The third-order valence-electron chi connectivity index (χ3n) is 3.49. The van der Waals surface area contributed by atoms with E-state index >= 15 is 0 Å². The highest BCUT2D eigenvalue weighted by Gasteiger charge is 2.24. The van der Waals surface area contributed by atoms with E-state index in [4.69, 9.17) is 5.11 Å². The lowest BCUT2D eigenvalue weighted by Crippen LogP contribution is -2.39. The second-order valence-electron chi connectivity index (χ2n) is 5.27. The number of carbonyl (C=O) groups excluding carboxylic acids is 1. The van der Waals surface area contributed by atoms with Crippen molar-refractivity contribution < 1.29 is 14.7 Å². The summed E-state index contributed by atoms with van der Waals surface area (Å²) >= 11 is 0. The molecule has 1 aromatic rings. The zero-order valence-electron chi connectivity index (χ0n) is 11.6. The van der Waals surface area contributed by atoms with Gasteiger partial charge >= 0.3 is 12.0 Å². The molecule has 1 saturated carbocycles. The van der Waals surface area contributed by atoms with Crippen molar-refractivity contribution >= 4 is 12.0 Å². The van der Waals surface area contributed by atoms with Gasteiger partial charge in [-0.15, -0.1) is 0 Å². The van der Waals surface area contributed by atoms with Gasteiger partial charge in [0.25, 0.3) is 0 Å². The van der Waals surface area contributed by atoms with Crippen LogP contribution >= 0.6 is 0 Å². The molecule has 0 saturated heterocycles. The van der Waals surface area contributed by atoms with Crippen LogP contribution < -0.4 is 5.32 Å². The topological polar surface area (TPSA) is 69.6 Å². The van der Waals surface area contributed by atoms with Crippen LogP contribution in [-0.2, 0) is 6.42 Å². The molecule has 108 valence electrons. The van der Waals surface area contributed by atoms with Gasteiger partial charge in [-0.05, 0) is 36.8 Å². The van der Waals surface area contributed by atoms with Gasteiger partial charge in [-0.2, -0.15) is 0 Å². The van der Waals surface area contributed by atoms with Crippen molar-refractivity contribution in [3.05, 3.63) is 35.4 Å². The maximum absolute atomic E-state index is 11.8. The van der Waals surface area contributed by atoms with Crippen LogP contribution in [0.2, 0.25) is 0 Å². The second kappa shape index (κ2) is 6.41. The van der Waals surface area contributed by atoms with E-state index in [0.717, 1.165) is 12.1 Å². The molecule has 1 fully saturated rings. The first kappa shape index (κ1) is 14.4. The molecule has 0 radical (unpaired) electrons. The van der Waals surface area contributed by atoms with Gasteiger partial charge in [0.2, 0.25) is 0 Å². The summed E-state index contributed by atoms with van der Waals surface area (Å²) in [4.78, 5) is 24.6. The molecule has 20 heavy (non-hydrogen) atoms. The first-order valence-corrected chi connectivity index (χ1v) is 6.88. The summed E-state index contributed by atoms with van der Waals surface area (Å²) in [6, 6.07) is 6.78. The number of carbonyl (C=O) groups is 2. The molecule has 0 aliphatic heterocycles. The van der Waals surface area contributed by atoms with Crippen LogP contribution in [0.25, 0.3) is 0 Å². The Hall–Kier alpha value is -2.04. The van der Waals surface area contributed by atoms with E-state index in [0.29, 0.717) is 24.4 Å². The number of hydrogen-bond acceptors (Lipinski definition) is 2. The maximum atomic E-state index is 11.8. The fraction of sp³-hybridized carbons (Fsp3) is 0.467. The summed E-state index contributed by atoms with van der Waals surface area (Å²) in [5.41, 5.74) is 1.04. The molecule has 0 heterocycles. The Kier molecular flexibility index (Phi) is 4.61. The minimum Gasteiger partial charge on any atom is -0.478 e. The quantitative estimate of drug-likeness (QED) is 0.834. The molecule has 2 N–H and O–H groups in total.